The van der Waals surface area contributed by atoms with Gasteiger partial charge in [0.1, 0.15) is 0 Å². The lowest BCUT2D eigenvalue weighted by molar-refractivity contribution is -0.159. The molecule has 1 aliphatic rings. The molecule has 0 amide bonds. The maximum Gasteiger partial charge on any atom is 0.336 e. The maximum absolute atomic E-state index is 11.7. The Morgan fingerprint density at radius 3 is 2.84 bits per heavy atom. The second-order valence-corrected chi connectivity index (χ2v) is 4.87. The lowest BCUT2D eigenvalue weighted by atomic mass is 9.69. The molecular weight excluding hydrogens is 242 g/mol. The number of ether oxygens (including phenoxy) is 1. The van der Waals surface area contributed by atoms with Gasteiger partial charge in [-0.05, 0) is 37.3 Å². The number of aryl methyl sites for hydroxylation is 1. The van der Waals surface area contributed by atoms with E-state index in [2.05, 4.69) is 6.07 Å². The Kier molecular flexibility index (Phi) is 3.87. The number of carbonyl (C=O) groups is 1. The predicted molar refractivity (Wildman–Crippen MR) is 69.2 cm³/mol. The first-order valence-electron chi connectivity index (χ1n) is 6.45. The molecular formula is C15H17NO3. The molecule has 2 rings (SSSR count). The molecule has 0 saturated carbocycles. The van der Waals surface area contributed by atoms with Crippen molar-refractivity contribution >= 4 is 5.97 Å². The minimum atomic E-state index is -1.38. The van der Waals surface area contributed by atoms with Crippen LogP contribution in [0.1, 0.15) is 24.5 Å². The Balaban J connectivity index is 2.27. The van der Waals surface area contributed by atoms with Gasteiger partial charge in [-0.3, -0.25) is 0 Å². The summed E-state index contributed by atoms with van der Waals surface area (Å²) in [5.74, 6) is -0.705. The summed E-state index contributed by atoms with van der Waals surface area (Å²) in [7, 11) is 0. The second kappa shape index (κ2) is 5.41. The molecule has 0 fully saturated rings. The van der Waals surface area contributed by atoms with E-state index in [1.54, 1.807) is 6.92 Å². The summed E-state index contributed by atoms with van der Waals surface area (Å²) in [4.78, 5) is 11.7. The van der Waals surface area contributed by atoms with Gasteiger partial charge in [-0.1, -0.05) is 24.3 Å². The van der Waals surface area contributed by atoms with Crippen LogP contribution in [0.3, 0.4) is 0 Å². The molecule has 2 unspecified atom stereocenters. The number of hydrogen-bond donors (Lipinski definition) is 1. The van der Waals surface area contributed by atoms with Gasteiger partial charge in [-0.15, -0.1) is 0 Å². The summed E-state index contributed by atoms with van der Waals surface area (Å²) in [5.41, 5.74) is 1.14. The smallest absolute Gasteiger partial charge is 0.336 e. The molecule has 0 spiro atoms. The normalized spacial score (nSPS) is 23.0. The first kappa shape index (κ1) is 13.6. The van der Waals surface area contributed by atoms with Crippen molar-refractivity contribution in [2.45, 2.75) is 32.3 Å². The van der Waals surface area contributed by atoms with Gasteiger partial charge in [0.15, 0.2) is 6.10 Å². The largest absolute Gasteiger partial charge is 0.464 e. The van der Waals surface area contributed by atoms with Crippen LogP contribution < -0.4 is 0 Å². The van der Waals surface area contributed by atoms with E-state index in [9.17, 15) is 15.2 Å². The Bertz CT molecular complexity index is 520. The molecule has 1 aliphatic carbocycles. The highest BCUT2D eigenvalue weighted by Gasteiger charge is 2.45. The van der Waals surface area contributed by atoms with Crippen molar-refractivity contribution in [3.63, 3.8) is 0 Å². The van der Waals surface area contributed by atoms with E-state index >= 15 is 0 Å². The van der Waals surface area contributed by atoms with Crippen LogP contribution in [0.5, 0.6) is 0 Å². The van der Waals surface area contributed by atoms with Gasteiger partial charge in [-0.25, -0.2) is 4.79 Å². The van der Waals surface area contributed by atoms with Crippen LogP contribution in [0, 0.1) is 16.7 Å². The predicted octanol–water partition coefficient (Wildman–Crippen LogP) is 1.61. The number of aliphatic hydroxyl groups is 1. The quantitative estimate of drug-likeness (QED) is 0.837. The molecule has 19 heavy (non-hydrogen) atoms. The molecule has 0 radical (unpaired) electrons. The van der Waals surface area contributed by atoms with Gasteiger partial charge in [-0.2, -0.15) is 5.26 Å². The lowest BCUT2D eigenvalue weighted by Crippen LogP contribution is -2.44. The van der Waals surface area contributed by atoms with E-state index in [-0.39, 0.29) is 6.61 Å². The van der Waals surface area contributed by atoms with Gasteiger partial charge >= 0.3 is 5.97 Å². The standard InChI is InChI=1S/C15H17NO3/c1-2-19-14(18)13(17)15(10-16)8-7-11-5-3-4-6-12(11)9-15/h3-6,13,17H,2,7-9H2,1H3. The zero-order valence-corrected chi connectivity index (χ0v) is 10.9. The number of rotatable bonds is 3. The number of nitriles is 1. The van der Waals surface area contributed by atoms with Crippen molar-refractivity contribution in [3.05, 3.63) is 35.4 Å². The molecule has 0 aromatic heterocycles. The highest BCUT2D eigenvalue weighted by atomic mass is 16.5. The number of aliphatic hydroxyl groups excluding tert-OH is 1. The van der Waals surface area contributed by atoms with Crippen LogP contribution in [0.15, 0.2) is 24.3 Å². The average Bonchev–Trinajstić information content (AvgIpc) is 2.46. The van der Waals surface area contributed by atoms with Crippen molar-refractivity contribution in [2.75, 3.05) is 6.61 Å². The van der Waals surface area contributed by atoms with E-state index in [1.165, 1.54) is 5.56 Å². The fourth-order valence-electron chi connectivity index (χ4n) is 2.60. The summed E-state index contributed by atoms with van der Waals surface area (Å²) >= 11 is 0. The zero-order chi connectivity index (χ0) is 13.9. The monoisotopic (exact) mass is 259 g/mol. The molecule has 1 N–H and O–H groups in total. The van der Waals surface area contributed by atoms with Crippen molar-refractivity contribution in [1.82, 2.24) is 0 Å². The van der Waals surface area contributed by atoms with E-state index < -0.39 is 17.5 Å². The number of esters is 1. The lowest BCUT2D eigenvalue weighted by Gasteiger charge is -2.34. The van der Waals surface area contributed by atoms with Gasteiger partial charge in [0.05, 0.1) is 18.1 Å². The highest BCUT2D eigenvalue weighted by Crippen LogP contribution is 2.38. The Morgan fingerprint density at radius 2 is 2.21 bits per heavy atom. The molecule has 0 aliphatic heterocycles. The SMILES string of the molecule is CCOC(=O)C(O)C1(C#N)CCc2ccccc2C1. The Hall–Kier alpha value is -1.86. The highest BCUT2D eigenvalue weighted by molar-refractivity contribution is 5.76. The summed E-state index contributed by atoms with van der Waals surface area (Å²) in [6, 6.07) is 9.97. The molecule has 1 aromatic carbocycles. The third-order valence-corrected chi connectivity index (χ3v) is 3.72. The number of nitrogens with zero attached hydrogens (tertiary/aromatic N) is 1. The van der Waals surface area contributed by atoms with Gasteiger partial charge in [0, 0.05) is 0 Å². The van der Waals surface area contributed by atoms with Crippen LogP contribution in [0.25, 0.3) is 0 Å². The van der Waals surface area contributed by atoms with Crippen LogP contribution in [0.4, 0.5) is 0 Å². The number of fused-ring (bicyclic) bond motifs is 1. The van der Waals surface area contributed by atoms with Gasteiger partial charge < -0.3 is 9.84 Å². The van der Waals surface area contributed by atoms with Gasteiger partial charge in [0.2, 0.25) is 0 Å². The molecule has 0 saturated heterocycles. The molecule has 4 heteroatoms. The van der Waals surface area contributed by atoms with E-state index in [0.29, 0.717) is 19.3 Å². The third-order valence-electron chi connectivity index (χ3n) is 3.72. The summed E-state index contributed by atoms with van der Waals surface area (Å²) in [6.45, 7) is 1.88. The molecule has 2 atom stereocenters. The number of hydrogen-bond acceptors (Lipinski definition) is 4. The van der Waals surface area contributed by atoms with E-state index in [1.807, 2.05) is 24.3 Å². The average molecular weight is 259 g/mol. The topological polar surface area (TPSA) is 70.3 Å². The maximum atomic E-state index is 11.7. The van der Waals surface area contributed by atoms with Gasteiger partial charge in [0.25, 0.3) is 0 Å². The number of carbonyl (C=O) groups excluding carboxylic acids is 1. The van der Waals surface area contributed by atoms with E-state index in [4.69, 9.17) is 4.74 Å². The van der Waals surface area contributed by atoms with Crippen LogP contribution in [0.2, 0.25) is 0 Å². The van der Waals surface area contributed by atoms with Crippen molar-refractivity contribution in [3.8, 4) is 6.07 Å². The Morgan fingerprint density at radius 1 is 1.53 bits per heavy atom. The first-order chi connectivity index (χ1) is 9.13. The van der Waals surface area contributed by atoms with Crippen LogP contribution in [-0.4, -0.2) is 23.8 Å². The molecule has 100 valence electrons. The molecule has 0 bridgehead atoms. The third kappa shape index (κ3) is 2.47. The van der Waals surface area contributed by atoms with Crippen LogP contribution in [-0.2, 0) is 22.4 Å². The first-order valence-corrected chi connectivity index (χ1v) is 6.45. The van der Waals surface area contributed by atoms with Crippen molar-refractivity contribution in [1.29, 1.82) is 5.26 Å². The second-order valence-electron chi connectivity index (χ2n) is 4.87. The summed E-state index contributed by atoms with van der Waals surface area (Å²) in [5, 5.41) is 19.6. The Labute approximate surface area is 112 Å². The molecule has 0 heterocycles. The minimum absolute atomic E-state index is 0.202. The fraction of sp³-hybridized carbons (Fsp3) is 0.467. The summed E-state index contributed by atoms with van der Waals surface area (Å²) < 4.78 is 4.83. The van der Waals surface area contributed by atoms with Crippen molar-refractivity contribution < 1.29 is 14.6 Å². The molecule has 4 nitrogen and oxygen atoms in total. The summed E-state index contributed by atoms with van der Waals surface area (Å²) in [6.07, 6.45) is 0.172. The minimum Gasteiger partial charge on any atom is -0.464 e. The molecule has 1 aromatic rings. The number of benzene rings is 1. The van der Waals surface area contributed by atoms with Crippen molar-refractivity contribution in [2.24, 2.45) is 5.41 Å². The zero-order valence-electron chi connectivity index (χ0n) is 10.9. The van der Waals surface area contributed by atoms with E-state index in [0.717, 1.165) is 5.56 Å². The van der Waals surface area contributed by atoms with Crippen LogP contribution >= 0.6 is 0 Å². The fourth-order valence-corrected chi connectivity index (χ4v) is 2.60.